The highest BCUT2D eigenvalue weighted by atomic mass is 32.1. The number of esters is 1. The van der Waals surface area contributed by atoms with Gasteiger partial charge in [-0.25, -0.2) is 4.98 Å². The van der Waals surface area contributed by atoms with Crippen LogP contribution in [-0.2, 0) is 16.0 Å². The Hall–Kier alpha value is -1.10. The first-order chi connectivity index (χ1) is 8.70. The summed E-state index contributed by atoms with van der Waals surface area (Å²) in [5.41, 5.74) is 0.818. The molecule has 5 heteroatoms. The molecule has 4 nitrogen and oxygen atoms in total. The molecule has 0 saturated carbocycles. The Morgan fingerprint density at radius 2 is 2.39 bits per heavy atom. The molecule has 1 unspecified atom stereocenters. The molecule has 100 valence electrons. The second-order valence-electron chi connectivity index (χ2n) is 4.77. The Bertz CT molecular complexity index is 405. The summed E-state index contributed by atoms with van der Waals surface area (Å²) in [6.45, 7) is 3.33. The molecule has 2 heterocycles. The van der Waals surface area contributed by atoms with Gasteiger partial charge in [0.05, 0.1) is 19.2 Å². The molecule has 0 spiro atoms. The van der Waals surface area contributed by atoms with E-state index in [0.29, 0.717) is 6.04 Å². The summed E-state index contributed by atoms with van der Waals surface area (Å²) >= 11 is 1.63. The highest BCUT2D eigenvalue weighted by molar-refractivity contribution is 7.13. The van der Waals surface area contributed by atoms with Gasteiger partial charge >= 0.3 is 5.97 Å². The van der Waals surface area contributed by atoms with Crippen molar-refractivity contribution in [3.63, 3.8) is 0 Å². The van der Waals surface area contributed by atoms with E-state index in [4.69, 9.17) is 0 Å². The first-order valence-corrected chi connectivity index (χ1v) is 7.36. The van der Waals surface area contributed by atoms with Crippen molar-refractivity contribution in [2.24, 2.45) is 0 Å². The predicted molar refractivity (Wildman–Crippen MR) is 73.1 cm³/mol. The van der Waals surface area contributed by atoms with E-state index in [-0.39, 0.29) is 12.4 Å². The lowest BCUT2D eigenvalue weighted by Crippen LogP contribution is -2.32. The van der Waals surface area contributed by atoms with Crippen molar-refractivity contribution in [1.29, 1.82) is 0 Å². The minimum Gasteiger partial charge on any atom is -0.469 e. The summed E-state index contributed by atoms with van der Waals surface area (Å²) in [5.74, 6) is -0.226. The standard InChI is InChI=1S/C13H20N2O2S/c1-10-6-4-3-5-7-15(10)13-14-11(9-18-13)8-12(16)17-2/h9-10H,3-8H2,1-2H3. The summed E-state index contributed by atoms with van der Waals surface area (Å²) in [6, 6.07) is 0.546. The first kappa shape index (κ1) is 13.3. The molecule has 1 aromatic heterocycles. The van der Waals surface area contributed by atoms with Crippen LogP contribution in [0, 0.1) is 0 Å². The van der Waals surface area contributed by atoms with Crippen molar-refractivity contribution in [2.45, 2.75) is 45.1 Å². The first-order valence-electron chi connectivity index (χ1n) is 6.48. The fraction of sp³-hybridized carbons (Fsp3) is 0.692. The van der Waals surface area contributed by atoms with Crippen LogP contribution in [0.1, 0.15) is 38.3 Å². The predicted octanol–water partition coefficient (Wildman–Crippen LogP) is 2.63. The molecule has 1 atom stereocenters. The van der Waals surface area contributed by atoms with Crippen LogP contribution in [0.25, 0.3) is 0 Å². The Morgan fingerprint density at radius 3 is 3.17 bits per heavy atom. The van der Waals surface area contributed by atoms with Crippen LogP contribution < -0.4 is 4.90 Å². The van der Waals surface area contributed by atoms with Crippen LogP contribution in [0.3, 0.4) is 0 Å². The highest BCUT2D eigenvalue weighted by Gasteiger charge is 2.20. The van der Waals surface area contributed by atoms with Crippen molar-refractivity contribution >= 4 is 22.4 Å². The van der Waals surface area contributed by atoms with Crippen LogP contribution in [0.15, 0.2) is 5.38 Å². The van der Waals surface area contributed by atoms with Crippen molar-refractivity contribution in [2.75, 3.05) is 18.6 Å². The average Bonchev–Trinajstić information content (AvgIpc) is 2.70. The van der Waals surface area contributed by atoms with E-state index >= 15 is 0 Å². The van der Waals surface area contributed by atoms with Gasteiger partial charge in [-0.3, -0.25) is 4.79 Å². The molecular weight excluding hydrogens is 248 g/mol. The number of ether oxygens (including phenoxy) is 1. The van der Waals surface area contributed by atoms with Gasteiger partial charge in [-0.1, -0.05) is 12.8 Å². The average molecular weight is 268 g/mol. The van der Waals surface area contributed by atoms with E-state index in [1.54, 1.807) is 11.3 Å². The number of rotatable bonds is 3. The Kier molecular flexibility index (Phi) is 4.58. The van der Waals surface area contributed by atoms with E-state index < -0.39 is 0 Å². The fourth-order valence-corrected chi connectivity index (χ4v) is 3.24. The maximum atomic E-state index is 11.2. The lowest BCUT2D eigenvalue weighted by molar-refractivity contribution is -0.139. The molecule has 0 aliphatic carbocycles. The zero-order valence-electron chi connectivity index (χ0n) is 11.0. The van der Waals surface area contributed by atoms with Gasteiger partial charge in [-0.05, 0) is 19.8 Å². The molecular formula is C13H20N2O2S. The third-order valence-corrected chi connectivity index (χ3v) is 4.32. The Balaban J connectivity index is 2.05. The van der Waals surface area contributed by atoms with Crippen LogP contribution >= 0.6 is 11.3 Å². The van der Waals surface area contributed by atoms with E-state index in [1.165, 1.54) is 32.8 Å². The maximum Gasteiger partial charge on any atom is 0.311 e. The molecule has 1 fully saturated rings. The maximum absolute atomic E-state index is 11.2. The minimum atomic E-state index is -0.226. The van der Waals surface area contributed by atoms with Gasteiger partial charge in [0.15, 0.2) is 5.13 Å². The third kappa shape index (κ3) is 3.22. The highest BCUT2D eigenvalue weighted by Crippen LogP contribution is 2.27. The molecule has 0 aromatic carbocycles. The summed E-state index contributed by atoms with van der Waals surface area (Å²) in [5, 5.41) is 3.01. The lowest BCUT2D eigenvalue weighted by atomic mass is 10.1. The number of carbonyl (C=O) groups is 1. The van der Waals surface area contributed by atoms with Gasteiger partial charge < -0.3 is 9.64 Å². The molecule has 18 heavy (non-hydrogen) atoms. The molecule has 1 aliphatic heterocycles. The van der Waals surface area contributed by atoms with Crippen LogP contribution in [-0.4, -0.2) is 30.6 Å². The van der Waals surface area contributed by atoms with Gasteiger partial charge in [0.1, 0.15) is 0 Å². The van der Waals surface area contributed by atoms with Crippen LogP contribution in [0.4, 0.5) is 5.13 Å². The second-order valence-corrected chi connectivity index (χ2v) is 5.60. The van der Waals surface area contributed by atoms with Crippen molar-refractivity contribution < 1.29 is 9.53 Å². The normalized spacial score (nSPS) is 20.6. The molecule has 2 rings (SSSR count). The minimum absolute atomic E-state index is 0.226. The molecule has 0 radical (unpaired) electrons. The van der Waals surface area contributed by atoms with E-state index in [2.05, 4.69) is 21.5 Å². The van der Waals surface area contributed by atoms with Crippen molar-refractivity contribution in [1.82, 2.24) is 4.98 Å². The number of carbonyl (C=O) groups excluding carboxylic acids is 1. The summed E-state index contributed by atoms with van der Waals surface area (Å²) in [4.78, 5) is 18.1. The Labute approximate surface area is 112 Å². The number of aromatic nitrogens is 1. The van der Waals surface area contributed by atoms with Crippen LogP contribution in [0.2, 0.25) is 0 Å². The largest absolute Gasteiger partial charge is 0.469 e. The zero-order valence-corrected chi connectivity index (χ0v) is 11.8. The number of nitrogens with zero attached hydrogens (tertiary/aromatic N) is 2. The van der Waals surface area contributed by atoms with Gasteiger partial charge in [0, 0.05) is 18.0 Å². The summed E-state index contributed by atoms with van der Waals surface area (Å²) in [6.07, 6.45) is 5.34. The third-order valence-electron chi connectivity index (χ3n) is 3.39. The van der Waals surface area contributed by atoms with E-state index in [1.807, 2.05) is 5.38 Å². The SMILES string of the molecule is COC(=O)Cc1csc(N2CCCCCC2C)n1. The number of methoxy groups -OCH3 is 1. The molecule has 0 amide bonds. The number of hydrogen-bond acceptors (Lipinski definition) is 5. The Morgan fingerprint density at radius 1 is 1.56 bits per heavy atom. The molecule has 1 aliphatic rings. The van der Waals surface area contributed by atoms with Gasteiger partial charge in [-0.2, -0.15) is 0 Å². The van der Waals surface area contributed by atoms with E-state index in [0.717, 1.165) is 17.4 Å². The molecule has 1 aromatic rings. The van der Waals surface area contributed by atoms with Gasteiger partial charge in [0.25, 0.3) is 0 Å². The monoisotopic (exact) mass is 268 g/mol. The topological polar surface area (TPSA) is 42.4 Å². The van der Waals surface area contributed by atoms with Crippen molar-refractivity contribution in [3.05, 3.63) is 11.1 Å². The van der Waals surface area contributed by atoms with E-state index in [9.17, 15) is 4.79 Å². The quantitative estimate of drug-likeness (QED) is 0.790. The molecule has 0 N–H and O–H groups in total. The fourth-order valence-electron chi connectivity index (χ4n) is 2.29. The molecule has 0 bridgehead atoms. The number of hydrogen-bond donors (Lipinski definition) is 0. The van der Waals surface area contributed by atoms with Crippen LogP contribution in [0.5, 0.6) is 0 Å². The van der Waals surface area contributed by atoms with Gasteiger partial charge in [0.2, 0.25) is 0 Å². The summed E-state index contributed by atoms with van der Waals surface area (Å²) in [7, 11) is 1.41. The second kappa shape index (κ2) is 6.18. The number of anilines is 1. The zero-order chi connectivity index (χ0) is 13.0. The smallest absolute Gasteiger partial charge is 0.311 e. The lowest BCUT2D eigenvalue weighted by Gasteiger charge is -2.26. The van der Waals surface area contributed by atoms with Gasteiger partial charge in [-0.15, -0.1) is 11.3 Å². The van der Waals surface area contributed by atoms with Crippen molar-refractivity contribution in [3.8, 4) is 0 Å². The summed E-state index contributed by atoms with van der Waals surface area (Å²) < 4.78 is 4.66. The number of thiazole rings is 1. The molecule has 1 saturated heterocycles.